The second-order valence-corrected chi connectivity index (χ2v) is 7.09. The standard InChI is InChI=1S/C23H24N2O4/c1-28-20-9-10-21(29-2)23-18(20)14-25(15-19(23)26)22(27)13-16-5-7-17(8-6-16)24-11-3-4-12-24/h3-12,19,26H,13-15H2,1-2H3. The van der Waals surface area contributed by atoms with Crippen molar-refractivity contribution in [2.24, 2.45) is 0 Å². The second kappa shape index (κ2) is 8.01. The molecule has 6 heteroatoms. The van der Waals surface area contributed by atoms with Crippen LogP contribution in [-0.4, -0.2) is 41.2 Å². The molecule has 1 N–H and O–H groups in total. The molecule has 29 heavy (non-hydrogen) atoms. The summed E-state index contributed by atoms with van der Waals surface area (Å²) in [5, 5.41) is 10.7. The quantitative estimate of drug-likeness (QED) is 0.725. The molecule has 0 saturated carbocycles. The van der Waals surface area contributed by atoms with Gasteiger partial charge in [0.25, 0.3) is 0 Å². The molecule has 1 aliphatic rings. The van der Waals surface area contributed by atoms with E-state index in [-0.39, 0.29) is 18.9 Å². The molecule has 0 fully saturated rings. The van der Waals surface area contributed by atoms with Crippen LogP contribution in [0.3, 0.4) is 0 Å². The molecule has 1 amide bonds. The van der Waals surface area contributed by atoms with Crippen molar-refractivity contribution in [3.8, 4) is 17.2 Å². The number of ether oxygens (including phenoxy) is 2. The van der Waals surface area contributed by atoms with E-state index < -0.39 is 6.10 Å². The van der Waals surface area contributed by atoms with Crippen LogP contribution >= 0.6 is 0 Å². The van der Waals surface area contributed by atoms with Gasteiger partial charge in [0.05, 0.1) is 27.2 Å². The Morgan fingerprint density at radius 3 is 2.34 bits per heavy atom. The smallest absolute Gasteiger partial charge is 0.227 e. The van der Waals surface area contributed by atoms with Crippen LogP contribution in [-0.2, 0) is 17.8 Å². The first-order valence-corrected chi connectivity index (χ1v) is 9.52. The summed E-state index contributed by atoms with van der Waals surface area (Å²) in [4.78, 5) is 14.6. The van der Waals surface area contributed by atoms with Gasteiger partial charge in [-0.2, -0.15) is 0 Å². The van der Waals surface area contributed by atoms with Crippen LogP contribution in [0.5, 0.6) is 11.5 Å². The van der Waals surface area contributed by atoms with E-state index in [1.165, 1.54) is 0 Å². The number of rotatable bonds is 5. The van der Waals surface area contributed by atoms with Gasteiger partial charge in [0.2, 0.25) is 5.91 Å². The Bertz CT molecular complexity index is 996. The predicted octanol–water partition coefficient (Wildman–Crippen LogP) is 3.11. The lowest BCUT2D eigenvalue weighted by atomic mass is 9.94. The van der Waals surface area contributed by atoms with E-state index in [1.807, 2.05) is 53.4 Å². The number of aliphatic hydroxyl groups excluding tert-OH is 1. The lowest BCUT2D eigenvalue weighted by Gasteiger charge is -2.34. The van der Waals surface area contributed by atoms with Crippen molar-refractivity contribution in [2.75, 3.05) is 20.8 Å². The summed E-state index contributed by atoms with van der Waals surface area (Å²) in [6, 6.07) is 15.5. The van der Waals surface area contributed by atoms with E-state index in [9.17, 15) is 9.90 Å². The number of aliphatic hydroxyl groups is 1. The van der Waals surface area contributed by atoms with E-state index in [4.69, 9.17) is 9.47 Å². The Morgan fingerprint density at radius 1 is 1.03 bits per heavy atom. The fourth-order valence-electron chi connectivity index (χ4n) is 3.85. The van der Waals surface area contributed by atoms with Crippen LogP contribution < -0.4 is 9.47 Å². The first-order valence-electron chi connectivity index (χ1n) is 9.52. The van der Waals surface area contributed by atoms with Crippen LogP contribution in [0.15, 0.2) is 60.9 Å². The van der Waals surface area contributed by atoms with Crippen molar-refractivity contribution in [1.29, 1.82) is 0 Å². The lowest BCUT2D eigenvalue weighted by Crippen LogP contribution is -2.39. The summed E-state index contributed by atoms with van der Waals surface area (Å²) in [5.41, 5.74) is 3.48. The molecule has 150 valence electrons. The van der Waals surface area contributed by atoms with Gasteiger partial charge >= 0.3 is 0 Å². The number of fused-ring (bicyclic) bond motifs is 1. The average molecular weight is 392 g/mol. The molecule has 1 unspecified atom stereocenters. The number of nitrogens with zero attached hydrogens (tertiary/aromatic N) is 2. The monoisotopic (exact) mass is 392 g/mol. The largest absolute Gasteiger partial charge is 0.496 e. The maximum Gasteiger partial charge on any atom is 0.227 e. The van der Waals surface area contributed by atoms with Crippen molar-refractivity contribution in [1.82, 2.24) is 9.47 Å². The van der Waals surface area contributed by atoms with Gasteiger partial charge < -0.3 is 24.0 Å². The van der Waals surface area contributed by atoms with E-state index in [0.717, 1.165) is 16.8 Å². The molecule has 3 aromatic rings. The number of methoxy groups -OCH3 is 2. The summed E-state index contributed by atoms with van der Waals surface area (Å²) < 4.78 is 12.9. The molecule has 4 rings (SSSR count). The van der Waals surface area contributed by atoms with E-state index >= 15 is 0 Å². The highest BCUT2D eigenvalue weighted by Crippen LogP contribution is 2.39. The number of amides is 1. The maximum absolute atomic E-state index is 12.9. The molecule has 6 nitrogen and oxygen atoms in total. The van der Waals surface area contributed by atoms with Gasteiger partial charge in [-0.3, -0.25) is 4.79 Å². The van der Waals surface area contributed by atoms with Gasteiger partial charge in [-0.15, -0.1) is 0 Å². The van der Waals surface area contributed by atoms with Gasteiger partial charge in [-0.1, -0.05) is 12.1 Å². The van der Waals surface area contributed by atoms with E-state index in [1.54, 1.807) is 31.3 Å². The molecule has 2 aromatic carbocycles. The Balaban J connectivity index is 1.52. The molecule has 0 spiro atoms. The summed E-state index contributed by atoms with van der Waals surface area (Å²) in [6.07, 6.45) is 3.42. The van der Waals surface area contributed by atoms with Crippen molar-refractivity contribution >= 4 is 5.91 Å². The van der Waals surface area contributed by atoms with Gasteiger partial charge in [-0.05, 0) is 42.0 Å². The number of benzene rings is 2. The van der Waals surface area contributed by atoms with Gasteiger partial charge in [0, 0.05) is 35.8 Å². The van der Waals surface area contributed by atoms with Gasteiger partial charge in [0.15, 0.2) is 0 Å². The Hall–Kier alpha value is -3.25. The third-order valence-corrected chi connectivity index (χ3v) is 5.34. The lowest BCUT2D eigenvalue weighted by molar-refractivity contribution is -0.133. The summed E-state index contributed by atoms with van der Waals surface area (Å²) in [5.74, 6) is 1.22. The van der Waals surface area contributed by atoms with Crippen LogP contribution in [0.4, 0.5) is 0 Å². The zero-order valence-corrected chi connectivity index (χ0v) is 16.5. The molecule has 0 saturated heterocycles. The fraction of sp³-hybridized carbons (Fsp3) is 0.261. The molecular formula is C23H24N2O4. The van der Waals surface area contributed by atoms with Crippen LogP contribution in [0.25, 0.3) is 5.69 Å². The van der Waals surface area contributed by atoms with Crippen molar-refractivity contribution < 1.29 is 19.4 Å². The number of carbonyl (C=O) groups is 1. The first kappa shape index (κ1) is 19.1. The maximum atomic E-state index is 12.9. The topological polar surface area (TPSA) is 63.9 Å². The highest BCUT2D eigenvalue weighted by molar-refractivity contribution is 5.79. The molecule has 1 aliphatic heterocycles. The SMILES string of the molecule is COc1ccc(OC)c2c1CN(C(=O)Cc1ccc(-n3cccc3)cc1)CC2O. The molecule has 0 bridgehead atoms. The normalized spacial score (nSPS) is 15.7. The third kappa shape index (κ3) is 3.71. The highest BCUT2D eigenvalue weighted by Gasteiger charge is 2.31. The molecule has 1 aromatic heterocycles. The predicted molar refractivity (Wildman–Crippen MR) is 109 cm³/mol. The molecule has 1 atom stereocenters. The third-order valence-electron chi connectivity index (χ3n) is 5.34. The Morgan fingerprint density at radius 2 is 1.69 bits per heavy atom. The van der Waals surface area contributed by atoms with Crippen molar-refractivity contribution in [2.45, 2.75) is 19.1 Å². The average Bonchev–Trinajstić information content (AvgIpc) is 3.28. The minimum absolute atomic E-state index is 0.0340. The first-order chi connectivity index (χ1) is 14.1. The molecule has 0 radical (unpaired) electrons. The van der Waals surface area contributed by atoms with Gasteiger partial charge in [0.1, 0.15) is 17.6 Å². The fourth-order valence-corrected chi connectivity index (χ4v) is 3.85. The van der Waals surface area contributed by atoms with E-state index in [2.05, 4.69) is 0 Å². The summed E-state index contributed by atoms with van der Waals surface area (Å²) >= 11 is 0. The zero-order valence-electron chi connectivity index (χ0n) is 16.5. The summed E-state index contributed by atoms with van der Waals surface area (Å²) in [7, 11) is 3.16. The minimum atomic E-state index is -0.816. The molecule has 2 heterocycles. The Kier molecular flexibility index (Phi) is 5.27. The Labute approximate surface area is 169 Å². The number of aromatic nitrogens is 1. The number of carbonyl (C=O) groups excluding carboxylic acids is 1. The van der Waals surface area contributed by atoms with E-state index in [0.29, 0.717) is 23.6 Å². The number of hydrogen-bond donors (Lipinski definition) is 1. The highest BCUT2D eigenvalue weighted by atomic mass is 16.5. The number of hydrogen-bond acceptors (Lipinski definition) is 4. The summed E-state index contributed by atoms with van der Waals surface area (Å²) in [6.45, 7) is 0.615. The zero-order chi connectivity index (χ0) is 20.4. The van der Waals surface area contributed by atoms with Crippen LogP contribution in [0.1, 0.15) is 22.8 Å². The molecule has 0 aliphatic carbocycles. The second-order valence-electron chi connectivity index (χ2n) is 7.09. The number of β-amino-alcohol motifs (C(OH)–C–C–N with tert-alkyl or cyclic N) is 1. The van der Waals surface area contributed by atoms with Crippen molar-refractivity contribution in [3.05, 3.63) is 77.6 Å². The van der Waals surface area contributed by atoms with Crippen molar-refractivity contribution in [3.63, 3.8) is 0 Å². The minimum Gasteiger partial charge on any atom is -0.496 e. The van der Waals surface area contributed by atoms with Gasteiger partial charge in [-0.25, -0.2) is 0 Å². The molecular weight excluding hydrogens is 368 g/mol. The van der Waals surface area contributed by atoms with Crippen LogP contribution in [0.2, 0.25) is 0 Å². The van der Waals surface area contributed by atoms with Crippen LogP contribution in [0, 0.1) is 0 Å².